The monoisotopic (exact) mass is 409 g/mol. The largest absolute Gasteiger partial charge is 0.508 e. The van der Waals surface area contributed by atoms with Crippen LogP contribution in [0.5, 0.6) is 11.5 Å². The number of hydrogen-bond donors (Lipinski definition) is 2. The van der Waals surface area contributed by atoms with Gasteiger partial charge in [-0.15, -0.1) is 0 Å². The topological polar surface area (TPSA) is 86.1 Å². The molecule has 0 aliphatic carbocycles. The lowest BCUT2D eigenvalue weighted by atomic mass is 10.0. The van der Waals surface area contributed by atoms with E-state index in [1.165, 1.54) is 16.6 Å². The maximum atomic E-state index is 9.70. The second kappa shape index (κ2) is 9.45. The molecule has 7 heteroatoms. The van der Waals surface area contributed by atoms with E-state index in [1.807, 2.05) is 6.07 Å². The predicted molar refractivity (Wildman–Crippen MR) is 119 cm³/mol. The summed E-state index contributed by atoms with van der Waals surface area (Å²) in [6, 6.07) is 13.7. The summed E-state index contributed by atoms with van der Waals surface area (Å²) in [6.45, 7) is 6.16. The van der Waals surface area contributed by atoms with Crippen LogP contribution >= 0.6 is 0 Å². The van der Waals surface area contributed by atoms with Gasteiger partial charge in [0.15, 0.2) is 0 Å². The Hall–Kier alpha value is -3.32. The fourth-order valence-electron chi connectivity index (χ4n) is 3.67. The molecule has 0 spiro atoms. The van der Waals surface area contributed by atoms with Gasteiger partial charge >= 0.3 is 0 Å². The van der Waals surface area contributed by atoms with Crippen LogP contribution in [0.4, 0.5) is 5.69 Å². The third kappa shape index (κ3) is 4.63. The first-order valence-corrected chi connectivity index (χ1v) is 9.77. The van der Waals surface area contributed by atoms with E-state index in [4.69, 9.17) is 19.6 Å². The van der Waals surface area contributed by atoms with Gasteiger partial charge in [0.05, 0.1) is 18.3 Å². The lowest BCUT2D eigenvalue weighted by Gasteiger charge is -2.34. The van der Waals surface area contributed by atoms with E-state index in [2.05, 4.69) is 48.0 Å². The van der Waals surface area contributed by atoms with Crippen molar-refractivity contribution in [2.45, 2.75) is 6.92 Å². The molecule has 1 fully saturated rings. The number of fused-ring (bicyclic) bond motifs is 1. The highest BCUT2D eigenvalue weighted by molar-refractivity contribution is 5.88. The molecule has 1 saturated heterocycles. The number of hydrogen-bond acceptors (Lipinski definition) is 6. The molecule has 0 saturated carbocycles. The minimum absolute atomic E-state index is 0.185. The lowest BCUT2D eigenvalue weighted by molar-refractivity contribution is -0.122. The van der Waals surface area contributed by atoms with Crippen LogP contribution in [0.25, 0.3) is 22.2 Å². The number of piperazine rings is 1. The second-order valence-corrected chi connectivity index (χ2v) is 7.31. The first-order chi connectivity index (χ1) is 14.5. The molecule has 1 aliphatic heterocycles. The van der Waals surface area contributed by atoms with Gasteiger partial charge in [0.2, 0.25) is 0 Å². The van der Waals surface area contributed by atoms with Crippen molar-refractivity contribution >= 4 is 23.1 Å². The van der Waals surface area contributed by atoms with Crippen molar-refractivity contribution in [2.24, 2.45) is 0 Å². The molecule has 3 aromatic rings. The molecule has 2 N–H and O–H groups in total. The molecule has 1 aliphatic rings. The van der Waals surface area contributed by atoms with Crippen molar-refractivity contribution in [1.82, 2.24) is 9.88 Å². The number of phenols is 1. The Balaban J connectivity index is 0.000000806. The number of aromatic nitrogens is 1. The van der Waals surface area contributed by atoms with E-state index in [1.54, 1.807) is 19.2 Å². The molecule has 2 aromatic carbocycles. The molecule has 2 heterocycles. The Labute approximate surface area is 176 Å². The zero-order valence-corrected chi connectivity index (χ0v) is 17.5. The van der Waals surface area contributed by atoms with E-state index >= 15 is 0 Å². The number of aromatic hydroxyl groups is 1. The van der Waals surface area contributed by atoms with Crippen molar-refractivity contribution in [3.05, 3.63) is 48.0 Å². The SMILES string of the molecule is COc1cc(O)ccc1-c1cc(C)c2cc(N3CCN(C)CC3)ccc2n1.O=CO. The number of benzene rings is 2. The quantitative estimate of drug-likeness (QED) is 0.642. The molecule has 7 nitrogen and oxygen atoms in total. The van der Waals surface area contributed by atoms with Crippen LogP contribution in [-0.4, -0.2) is 66.9 Å². The molecular formula is C23H27N3O4. The highest BCUT2D eigenvalue weighted by atomic mass is 16.5. The molecule has 0 atom stereocenters. The average molecular weight is 409 g/mol. The molecule has 1 aromatic heterocycles. The van der Waals surface area contributed by atoms with Crippen molar-refractivity contribution in [3.63, 3.8) is 0 Å². The Morgan fingerprint density at radius 2 is 1.77 bits per heavy atom. The molecular weight excluding hydrogens is 382 g/mol. The van der Waals surface area contributed by atoms with Crippen molar-refractivity contribution < 1.29 is 19.7 Å². The van der Waals surface area contributed by atoms with Crippen LogP contribution in [0, 0.1) is 6.92 Å². The van der Waals surface area contributed by atoms with Gasteiger partial charge in [0, 0.05) is 48.9 Å². The average Bonchev–Trinajstić information content (AvgIpc) is 2.74. The second-order valence-electron chi connectivity index (χ2n) is 7.31. The minimum Gasteiger partial charge on any atom is -0.508 e. The number of carbonyl (C=O) groups is 1. The van der Waals surface area contributed by atoms with Gasteiger partial charge < -0.3 is 24.7 Å². The van der Waals surface area contributed by atoms with Crippen molar-refractivity contribution in [2.75, 3.05) is 45.2 Å². The van der Waals surface area contributed by atoms with E-state index in [-0.39, 0.29) is 12.2 Å². The Kier molecular flexibility index (Phi) is 6.74. The summed E-state index contributed by atoms with van der Waals surface area (Å²) in [5.41, 5.74) is 5.14. The number of phenolic OH excluding ortho intramolecular Hbond substituents is 1. The number of pyridine rings is 1. The Bertz CT molecular complexity index is 1030. The standard InChI is InChI=1S/C22H25N3O2.CH2O2/c1-15-12-21(18-6-5-17(26)14-22(18)27-3)23-20-7-4-16(13-19(15)20)25-10-8-24(2)9-11-25;2-1-3/h4-7,12-14,26H,8-11H2,1-3H3;1H,(H,2,3). The smallest absolute Gasteiger partial charge is 0.290 e. The van der Waals surface area contributed by atoms with Gasteiger partial charge in [-0.2, -0.15) is 0 Å². The number of anilines is 1. The van der Waals surface area contributed by atoms with Crippen LogP contribution in [0.2, 0.25) is 0 Å². The zero-order valence-electron chi connectivity index (χ0n) is 17.5. The molecule has 30 heavy (non-hydrogen) atoms. The van der Waals surface area contributed by atoms with Gasteiger partial charge in [0.1, 0.15) is 11.5 Å². The number of carboxylic acid groups (broad SMARTS) is 1. The molecule has 0 bridgehead atoms. The first kappa shape index (κ1) is 21.4. The van der Waals surface area contributed by atoms with Gasteiger partial charge in [-0.05, 0) is 55.9 Å². The number of likely N-dealkylation sites (N-methyl/N-ethyl adjacent to an activating group) is 1. The van der Waals surface area contributed by atoms with Crippen LogP contribution in [0.3, 0.4) is 0 Å². The van der Waals surface area contributed by atoms with E-state index in [9.17, 15) is 5.11 Å². The van der Waals surface area contributed by atoms with Gasteiger partial charge in [-0.3, -0.25) is 4.79 Å². The number of nitrogens with zero attached hydrogens (tertiary/aromatic N) is 3. The predicted octanol–water partition coefficient (Wildman–Crippen LogP) is 3.38. The Morgan fingerprint density at radius 3 is 2.43 bits per heavy atom. The maximum Gasteiger partial charge on any atom is 0.290 e. The number of aryl methyl sites for hydroxylation is 1. The molecule has 0 radical (unpaired) electrons. The summed E-state index contributed by atoms with van der Waals surface area (Å²) in [6.07, 6.45) is 0. The fraction of sp³-hybridized carbons (Fsp3) is 0.304. The summed E-state index contributed by atoms with van der Waals surface area (Å²) in [5.74, 6) is 0.806. The summed E-state index contributed by atoms with van der Waals surface area (Å²) in [5, 5.41) is 17.8. The minimum atomic E-state index is -0.250. The third-order valence-corrected chi connectivity index (χ3v) is 5.33. The Morgan fingerprint density at radius 1 is 1.07 bits per heavy atom. The number of ether oxygens (including phenoxy) is 1. The van der Waals surface area contributed by atoms with Gasteiger partial charge in [-0.25, -0.2) is 4.98 Å². The lowest BCUT2D eigenvalue weighted by Crippen LogP contribution is -2.44. The van der Waals surface area contributed by atoms with Crippen molar-refractivity contribution in [3.8, 4) is 22.8 Å². The van der Waals surface area contributed by atoms with Crippen LogP contribution in [-0.2, 0) is 4.79 Å². The molecule has 158 valence electrons. The highest BCUT2D eigenvalue weighted by Crippen LogP contribution is 2.34. The highest BCUT2D eigenvalue weighted by Gasteiger charge is 2.16. The van der Waals surface area contributed by atoms with Gasteiger partial charge in [0.25, 0.3) is 6.47 Å². The van der Waals surface area contributed by atoms with Crippen LogP contribution < -0.4 is 9.64 Å². The summed E-state index contributed by atoms with van der Waals surface area (Å²) < 4.78 is 5.43. The number of methoxy groups -OCH3 is 1. The maximum absolute atomic E-state index is 9.70. The normalized spacial score (nSPS) is 14.2. The first-order valence-electron chi connectivity index (χ1n) is 9.77. The van der Waals surface area contributed by atoms with Crippen LogP contribution in [0.1, 0.15) is 5.56 Å². The van der Waals surface area contributed by atoms with Crippen LogP contribution in [0.15, 0.2) is 42.5 Å². The summed E-state index contributed by atoms with van der Waals surface area (Å²) in [7, 11) is 3.78. The number of rotatable bonds is 3. The van der Waals surface area contributed by atoms with Gasteiger partial charge in [-0.1, -0.05) is 0 Å². The van der Waals surface area contributed by atoms with E-state index in [0.29, 0.717) is 5.75 Å². The van der Waals surface area contributed by atoms with E-state index < -0.39 is 0 Å². The molecule has 0 unspecified atom stereocenters. The van der Waals surface area contributed by atoms with E-state index in [0.717, 1.165) is 43.0 Å². The fourth-order valence-corrected chi connectivity index (χ4v) is 3.67. The summed E-state index contributed by atoms with van der Waals surface area (Å²) >= 11 is 0. The zero-order chi connectivity index (χ0) is 21.7. The summed E-state index contributed by atoms with van der Waals surface area (Å²) in [4.78, 5) is 18.0. The molecule has 0 amide bonds. The van der Waals surface area contributed by atoms with Crippen molar-refractivity contribution in [1.29, 1.82) is 0 Å². The molecule has 4 rings (SSSR count). The third-order valence-electron chi connectivity index (χ3n) is 5.33.